The Bertz CT molecular complexity index is 376. The average molecular weight is 272 g/mol. The van der Waals surface area contributed by atoms with Gasteiger partial charge in [-0.1, -0.05) is 32.4 Å². The highest BCUT2D eigenvalue weighted by Crippen LogP contribution is 2.55. The second kappa shape index (κ2) is 5.29. The Kier molecular flexibility index (Phi) is 4.17. The molecule has 0 aromatic carbocycles. The van der Waals surface area contributed by atoms with Crippen LogP contribution in [0.15, 0.2) is 11.4 Å². The van der Waals surface area contributed by atoms with E-state index in [-0.39, 0.29) is 0 Å². The van der Waals surface area contributed by atoms with Crippen LogP contribution in [0.3, 0.4) is 0 Å². The topological polar surface area (TPSA) is 12.0 Å². The van der Waals surface area contributed by atoms with Gasteiger partial charge in [-0.15, -0.1) is 11.3 Å². The normalized spacial score (nSPS) is 32.5. The summed E-state index contributed by atoms with van der Waals surface area (Å²) in [4.78, 5) is 0. The molecule has 0 radical (unpaired) electrons. The molecule has 1 N–H and O–H groups in total. The molecular weight excluding hydrogens is 250 g/mol. The van der Waals surface area contributed by atoms with Gasteiger partial charge in [-0.3, -0.25) is 0 Å². The summed E-state index contributed by atoms with van der Waals surface area (Å²) in [6, 6.07) is 2.83. The first-order valence-electron chi connectivity index (χ1n) is 6.59. The van der Waals surface area contributed by atoms with Crippen LogP contribution in [0.4, 0.5) is 0 Å². The SMILES string of the molecule is CCCNC1CC(c2csc(Cl)c2)C1(C)CC. The molecule has 1 nitrogen and oxygen atoms in total. The second-order valence-electron chi connectivity index (χ2n) is 5.34. The lowest BCUT2D eigenvalue weighted by atomic mass is 9.54. The van der Waals surface area contributed by atoms with Gasteiger partial charge in [-0.05, 0) is 54.1 Å². The Hall–Kier alpha value is -0.0500. The van der Waals surface area contributed by atoms with E-state index in [4.69, 9.17) is 11.6 Å². The highest BCUT2D eigenvalue weighted by molar-refractivity contribution is 7.14. The van der Waals surface area contributed by atoms with Gasteiger partial charge < -0.3 is 5.32 Å². The first kappa shape index (κ1) is 13.4. The molecule has 0 aliphatic heterocycles. The van der Waals surface area contributed by atoms with Gasteiger partial charge in [0.15, 0.2) is 0 Å². The minimum absolute atomic E-state index is 0.402. The number of hydrogen-bond acceptors (Lipinski definition) is 2. The van der Waals surface area contributed by atoms with Crippen LogP contribution in [-0.4, -0.2) is 12.6 Å². The maximum atomic E-state index is 6.04. The fourth-order valence-corrected chi connectivity index (χ4v) is 3.95. The maximum absolute atomic E-state index is 6.04. The zero-order valence-electron chi connectivity index (χ0n) is 10.9. The molecule has 2 rings (SSSR count). The van der Waals surface area contributed by atoms with Gasteiger partial charge in [-0.2, -0.15) is 0 Å². The van der Waals surface area contributed by atoms with Crippen LogP contribution in [0.25, 0.3) is 0 Å². The molecule has 1 heterocycles. The molecule has 3 heteroatoms. The van der Waals surface area contributed by atoms with E-state index in [2.05, 4.69) is 37.5 Å². The molecule has 1 aromatic rings. The Morgan fingerprint density at radius 1 is 1.53 bits per heavy atom. The van der Waals surface area contributed by atoms with E-state index in [0.717, 1.165) is 10.9 Å². The minimum Gasteiger partial charge on any atom is -0.313 e. The smallest absolute Gasteiger partial charge is 0.0931 e. The van der Waals surface area contributed by atoms with Gasteiger partial charge in [0, 0.05) is 6.04 Å². The Morgan fingerprint density at radius 3 is 2.82 bits per heavy atom. The predicted octanol–water partition coefficient (Wildman–Crippen LogP) is 4.67. The van der Waals surface area contributed by atoms with Crippen molar-refractivity contribution in [3.8, 4) is 0 Å². The molecule has 1 aliphatic rings. The van der Waals surface area contributed by atoms with Gasteiger partial charge >= 0.3 is 0 Å². The van der Waals surface area contributed by atoms with Gasteiger partial charge in [0.2, 0.25) is 0 Å². The van der Waals surface area contributed by atoms with Crippen LogP contribution >= 0.6 is 22.9 Å². The largest absolute Gasteiger partial charge is 0.313 e. The van der Waals surface area contributed by atoms with Gasteiger partial charge in [-0.25, -0.2) is 0 Å². The molecule has 1 aromatic heterocycles. The summed E-state index contributed by atoms with van der Waals surface area (Å²) in [6.07, 6.45) is 3.70. The lowest BCUT2D eigenvalue weighted by Gasteiger charge is -2.54. The summed E-state index contributed by atoms with van der Waals surface area (Å²) in [5.74, 6) is 0.686. The molecule has 1 aliphatic carbocycles. The lowest BCUT2D eigenvalue weighted by Crippen LogP contribution is -2.56. The number of rotatable bonds is 5. The minimum atomic E-state index is 0.402. The number of hydrogen-bond donors (Lipinski definition) is 1. The van der Waals surface area contributed by atoms with Gasteiger partial charge in [0.25, 0.3) is 0 Å². The lowest BCUT2D eigenvalue weighted by molar-refractivity contribution is 0.0448. The van der Waals surface area contributed by atoms with E-state index < -0.39 is 0 Å². The molecule has 3 atom stereocenters. The summed E-state index contributed by atoms with van der Waals surface area (Å²) >= 11 is 7.70. The summed E-state index contributed by atoms with van der Waals surface area (Å²) in [6.45, 7) is 8.09. The van der Waals surface area contributed by atoms with Crippen molar-refractivity contribution in [2.24, 2.45) is 5.41 Å². The van der Waals surface area contributed by atoms with Crippen molar-refractivity contribution >= 4 is 22.9 Å². The summed E-state index contributed by atoms with van der Waals surface area (Å²) in [7, 11) is 0. The monoisotopic (exact) mass is 271 g/mol. The fourth-order valence-electron chi connectivity index (χ4n) is 3.01. The molecule has 0 spiro atoms. The third-order valence-corrected chi connectivity index (χ3v) is 5.57. The molecule has 0 saturated heterocycles. The summed E-state index contributed by atoms with van der Waals surface area (Å²) < 4.78 is 0.920. The molecule has 3 unspecified atom stereocenters. The van der Waals surface area contributed by atoms with Crippen LogP contribution in [0.5, 0.6) is 0 Å². The predicted molar refractivity (Wildman–Crippen MR) is 77.2 cm³/mol. The zero-order chi connectivity index (χ0) is 12.5. The standard InChI is InChI=1S/C14H22ClNS/c1-4-6-16-12-8-11(14(12,3)5-2)10-7-13(15)17-9-10/h7,9,11-12,16H,4-6,8H2,1-3H3. The van der Waals surface area contributed by atoms with E-state index >= 15 is 0 Å². The molecule has 17 heavy (non-hydrogen) atoms. The molecule has 0 amide bonds. The van der Waals surface area contributed by atoms with Crippen LogP contribution in [-0.2, 0) is 0 Å². The first-order chi connectivity index (χ1) is 8.11. The quantitative estimate of drug-likeness (QED) is 0.820. The van der Waals surface area contributed by atoms with Gasteiger partial charge in [0.1, 0.15) is 0 Å². The third kappa shape index (κ3) is 2.40. The van der Waals surface area contributed by atoms with Crippen LogP contribution in [0.1, 0.15) is 51.5 Å². The number of thiophene rings is 1. The molecular formula is C14H22ClNS. The Labute approximate surface area is 114 Å². The number of nitrogens with one attached hydrogen (secondary N) is 1. The van der Waals surface area contributed by atoms with E-state index in [0.29, 0.717) is 17.4 Å². The maximum Gasteiger partial charge on any atom is 0.0931 e. The fraction of sp³-hybridized carbons (Fsp3) is 0.714. The van der Waals surface area contributed by atoms with Crippen LogP contribution in [0, 0.1) is 5.41 Å². The third-order valence-electron chi connectivity index (χ3n) is 4.46. The highest BCUT2D eigenvalue weighted by Gasteiger charge is 2.50. The molecule has 0 bridgehead atoms. The highest BCUT2D eigenvalue weighted by atomic mass is 35.5. The van der Waals surface area contributed by atoms with E-state index in [1.165, 1.54) is 24.8 Å². The summed E-state index contributed by atoms with van der Waals surface area (Å²) in [5.41, 5.74) is 1.85. The van der Waals surface area contributed by atoms with Crippen molar-refractivity contribution in [2.75, 3.05) is 6.54 Å². The van der Waals surface area contributed by atoms with E-state index in [1.807, 2.05) is 0 Å². The molecule has 1 fully saturated rings. The van der Waals surface area contributed by atoms with E-state index in [9.17, 15) is 0 Å². The van der Waals surface area contributed by atoms with Crippen LogP contribution < -0.4 is 5.32 Å². The average Bonchev–Trinajstić information content (AvgIpc) is 2.73. The van der Waals surface area contributed by atoms with Crippen LogP contribution in [0.2, 0.25) is 4.34 Å². The molecule has 1 saturated carbocycles. The second-order valence-corrected chi connectivity index (χ2v) is 6.88. The van der Waals surface area contributed by atoms with Crippen molar-refractivity contribution in [1.29, 1.82) is 0 Å². The van der Waals surface area contributed by atoms with E-state index in [1.54, 1.807) is 11.3 Å². The van der Waals surface area contributed by atoms with Crippen molar-refractivity contribution < 1.29 is 0 Å². The number of halogens is 1. The summed E-state index contributed by atoms with van der Waals surface area (Å²) in [5, 5.41) is 5.92. The zero-order valence-corrected chi connectivity index (χ0v) is 12.5. The van der Waals surface area contributed by atoms with Crippen molar-refractivity contribution in [3.05, 3.63) is 21.3 Å². The Balaban J connectivity index is 2.07. The van der Waals surface area contributed by atoms with Gasteiger partial charge in [0.05, 0.1) is 4.34 Å². The Morgan fingerprint density at radius 2 is 2.29 bits per heavy atom. The van der Waals surface area contributed by atoms with Crippen molar-refractivity contribution in [1.82, 2.24) is 5.32 Å². The van der Waals surface area contributed by atoms with Crippen molar-refractivity contribution in [3.63, 3.8) is 0 Å². The van der Waals surface area contributed by atoms with Crippen molar-refractivity contribution in [2.45, 2.75) is 52.0 Å². The molecule has 96 valence electrons. The first-order valence-corrected chi connectivity index (χ1v) is 7.84.